The topological polar surface area (TPSA) is 76.1 Å². The van der Waals surface area contributed by atoms with Crippen LogP contribution in [0, 0.1) is 0 Å². The summed E-state index contributed by atoms with van der Waals surface area (Å²) >= 11 is 0. The quantitative estimate of drug-likeness (QED) is 0.805. The second kappa shape index (κ2) is 6.79. The number of phenols is 1. The third kappa shape index (κ3) is 3.00. The number of hydrogen-bond donors (Lipinski definition) is 2. The van der Waals surface area contributed by atoms with Gasteiger partial charge in [-0.3, -0.25) is 9.69 Å². The minimum absolute atomic E-state index is 0.0506. The Morgan fingerprint density at radius 1 is 1.00 bits per heavy atom. The van der Waals surface area contributed by atoms with Gasteiger partial charge in [0.25, 0.3) is 5.91 Å². The van der Waals surface area contributed by atoms with E-state index in [1.54, 1.807) is 6.07 Å². The molecule has 0 radical (unpaired) electrons. The van der Waals surface area contributed by atoms with Crippen LogP contribution in [0.1, 0.15) is 32.1 Å². The molecule has 1 spiro atoms. The summed E-state index contributed by atoms with van der Waals surface area (Å²) in [5.74, 6) is 0.236. The Bertz CT molecular complexity index is 694. The number of imide groups is 1. The third-order valence-corrected chi connectivity index (χ3v) is 5.89. The number of carbonyl (C=O) groups excluding carboxylic acids is 2. The highest BCUT2D eigenvalue weighted by Gasteiger charge is 2.51. The number of rotatable bonds is 3. The molecule has 3 aliphatic rings. The van der Waals surface area contributed by atoms with Crippen molar-refractivity contribution < 1.29 is 14.7 Å². The Morgan fingerprint density at radius 2 is 1.69 bits per heavy atom. The first-order valence-corrected chi connectivity index (χ1v) is 9.48. The van der Waals surface area contributed by atoms with E-state index in [1.165, 1.54) is 4.90 Å². The summed E-state index contributed by atoms with van der Waals surface area (Å²) in [7, 11) is 0. The fraction of sp³-hybridized carbons (Fsp3) is 0.579. The van der Waals surface area contributed by atoms with Gasteiger partial charge in [-0.05, 0) is 25.0 Å². The molecule has 4 rings (SSSR count). The normalized spacial score (nSPS) is 23.5. The maximum Gasteiger partial charge on any atom is 0.326 e. The van der Waals surface area contributed by atoms with Gasteiger partial charge in [0.1, 0.15) is 11.3 Å². The molecule has 1 aromatic rings. The first-order valence-electron chi connectivity index (χ1n) is 9.48. The molecule has 2 N–H and O–H groups in total. The number of amides is 3. The van der Waals surface area contributed by atoms with Crippen LogP contribution in [0.25, 0.3) is 0 Å². The molecule has 0 bridgehead atoms. The Labute approximate surface area is 153 Å². The van der Waals surface area contributed by atoms with Crippen molar-refractivity contribution in [1.82, 2.24) is 15.1 Å². The first-order chi connectivity index (χ1) is 12.6. The second-order valence-electron chi connectivity index (χ2n) is 7.54. The molecule has 2 saturated heterocycles. The van der Waals surface area contributed by atoms with Gasteiger partial charge in [0.2, 0.25) is 0 Å². The number of urea groups is 1. The lowest BCUT2D eigenvalue weighted by molar-refractivity contribution is -0.133. The lowest BCUT2D eigenvalue weighted by Gasteiger charge is -2.37. The third-order valence-electron chi connectivity index (χ3n) is 5.89. The van der Waals surface area contributed by atoms with Crippen LogP contribution >= 0.6 is 0 Å². The van der Waals surface area contributed by atoms with Gasteiger partial charge in [-0.1, -0.05) is 31.4 Å². The van der Waals surface area contributed by atoms with Gasteiger partial charge in [-0.2, -0.15) is 0 Å². The van der Waals surface area contributed by atoms with E-state index in [4.69, 9.17) is 0 Å². The standard InChI is InChI=1S/C19H26N4O3/c24-16-7-3-2-6-15(16)22-12-10-21(11-13-22)14-23-17(25)19(20-18(23)26)8-4-1-5-9-19/h2-3,6-7,24H,1,4-5,8-14H2,(H,20,26). The zero-order valence-corrected chi connectivity index (χ0v) is 15.0. The van der Waals surface area contributed by atoms with E-state index >= 15 is 0 Å². The number of benzene rings is 1. The lowest BCUT2D eigenvalue weighted by atomic mass is 9.82. The molecule has 0 aromatic heterocycles. The molecule has 3 fully saturated rings. The van der Waals surface area contributed by atoms with Crippen molar-refractivity contribution in [3.63, 3.8) is 0 Å². The van der Waals surface area contributed by atoms with Gasteiger partial charge in [-0.15, -0.1) is 0 Å². The van der Waals surface area contributed by atoms with Crippen LogP contribution in [0.4, 0.5) is 10.5 Å². The fourth-order valence-corrected chi connectivity index (χ4v) is 4.36. The van der Waals surface area contributed by atoms with Gasteiger partial charge in [0.15, 0.2) is 0 Å². The molecule has 7 heteroatoms. The smallest absolute Gasteiger partial charge is 0.326 e. The average molecular weight is 358 g/mol. The Kier molecular flexibility index (Phi) is 4.48. The summed E-state index contributed by atoms with van der Waals surface area (Å²) in [4.78, 5) is 30.9. The molecule has 2 heterocycles. The zero-order chi connectivity index (χ0) is 18.1. The van der Waals surface area contributed by atoms with Crippen LogP contribution < -0.4 is 10.2 Å². The Morgan fingerprint density at radius 3 is 2.38 bits per heavy atom. The average Bonchev–Trinajstić information content (AvgIpc) is 2.87. The summed E-state index contributed by atoms with van der Waals surface area (Å²) < 4.78 is 0. The van der Waals surface area contributed by atoms with E-state index in [0.717, 1.165) is 64.0 Å². The van der Waals surface area contributed by atoms with Gasteiger partial charge in [-0.25, -0.2) is 9.69 Å². The molecular weight excluding hydrogens is 332 g/mol. The Balaban J connectivity index is 1.36. The molecule has 3 amide bonds. The number of phenolic OH excluding ortho intramolecular Hbond substituents is 1. The fourth-order valence-electron chi connectivity index (χ4n) is 4.36. The summed E-state index contributed by atoms with van der Waals surface area (Å²) in [5.41, 5.74) is 0.191. The molecule has 1 aliphatic carbocycles. The largest absolute Gasteiger partial charge is 0.506 e. The van der Waals surface area contributed by atoms with Crippen molar-refractivity contribution in [1.29, 1.82) is 0 Å². The van der Waals surface area contributed by atoms with Crippen LogP contribution in [0.15, 0.2) is 24.3 Å². The molecule has 0 atom stereocenters. The van der Waals surface area contributed by atoms with Crippen molar-refractivity contribution in [2.75, 3.05) is 37.7 Å². The lowest BCUT2D eigenvalue weighted by Crippen LogP contribution is -2.52. The van der Waals surface area contributed by atoms with Crippen LogP contribution in [-0.2, 0) is 4.79 Å². The number of nitrogens with one attached hydrogen (secondary N) is 1. The van der Waals surface area contributed by atoms with E-state index in [1.807, 2.05) is 18.2 Å². The molecule has 140 valence electrons. The summed E-state index contributed by atoms with van der Waals surface area (Å²) in [5, 5.41) is 13.0. The zero-order valence-electron chi connectivity index (χ0n) is 15.0. The Hall–Kier alpha value is -2.28. The number of para-hydroxylation sites is 2. The highest BCUT2D eigenvalue weighted by molar-refractivity contribution is 6.07. The predicted molar refractivity (Wildman–Crippen MR) is 98.0 cm³/mol. The monoisotopic (exact) mass is 358 g/mol. The summed E-state index contributed by atoms with van der Waals surface area (Å²) in [6.07, 6.45) is 4.65. The van der Waals surface area contributed by atoms with Crippen LogP contribution in [0.3, 0.4) is 0 Å². The van der Waals surface area contributed by atoms with Crippen molar-refractivity contribution in [2.24, 2.45) is 0 Å². The van der Waals surface area contributed by atoms with Crippen LogP contribution in [0.5, 0.6) is 5.75 Å². The van der Waals surface area contributed by atoms with Gasteiger partial charge >= 0.3 is 6.03 Å². The maximum absolute atomic E-state index is 12.9. The van der Waals surface area contributed by atoms with Crippen molar-refractivity contribution in [3.05, 3.63) is 24.3 Å². The predicted octanol–water partition coefficient (Wildman–Crippen LogP) is 1.73. The number of piperazine rings is 1. The highest BCUT2D eigenvalue weighted by atomic mass is 16.3. The SMILES string of the molecule is O=C1NC2(CCCCC2)C(=O)N1CN1CCN(c2ccccc2O)CC1. The maximum atomic E-state index is 12.9. The van der Waals surface area contributed by atoms with Crippen molar-refractivity contribution >= 4 is 17.6 Å². The van der Waals surface area contributed by atoms with Crippen LogP contribution in [-0.4, -0.2) is 65.2 Å². The summed E-state index contributed by atoms with van der Waals surface area (Å²) in [6, 6.07) is 7.08. The van der Waals surface area contributed by atoms with Crippen LogP contribution in [0.2, 0.25) is 0 Å². The number of anilines is 1. The van der Waals surface area contributed by atoms with E-state index < -0.39 is 5.54 Å². The van der Waals surface area contributed by atoms with E-state index in [-0.39, 0.29) is 17.7 Å². The number of nitrogens with zero attached hydrogens (tertiary/aromatic N) is 3. The molecule has 1 aromatic carbocycles. The van der Waals surface area contributed by atoms with E-state index in [9.17, 15) is 14.7 Å². The van der Waals surface area contributed by atoms with Crippen molar-refractivity contribution in [3.8, 4) is 5.75 Å². The van der Waals surface area contributed by atoms with E-state index in [2.05, 4.69) is 15.1 Å². The van der Waals surface area contributed by atoms with E-state index in [0.29, 0.717) is 6.67 Å². The van der Waals surface area contributed by atoms with Gasteiger partial charge < -0.3 is 15.3 Å². The molecule has 26 heavy (non-hydrogen) atoms. The minimum Gasteiger partial charge on any atom is -0.506 e. The molecule has 2 aliphatic heterocycles. The minimum atomic E-state index is -0.646. The number of hydrogen-bond acceptors (Lipinski definition) is 5. The molecule has 1 saturated carbocycles. The summed E-state index contributed by atoms with van der Waals surface area (Å²) in [6.45, 7) is 3.36. The molecule has 0 unspecified atom stereocenters. The number of aromatic hydroxyl groups is 1. The van der Waals surface area contributed by atoms with Gasteiger partial charge in [0.05, 0.1) is 12.4 Å². The highest BCUT2D eigenvalue weighted by Crippen LogP contribution is 2.34. The van der Waals surface area contributed by atoms with Crippen molar-refractivity contribution in [2.45, 2.75) is 37.6 Å². The van der Waals surface area contributed by atoms with Gasteiger partial charge in [0, 0.05) is 26.2 Å². The molecular formula is C19H26N4O3. The first kappa shape index (κ1) is 17.1. The number of carbonyl (C=O) groups is 2. The molecule has 7 nitrogen and oxygen atoms in total. The second-order valence-corrected chi connectivity index (χ2v) is 7.54.